The van der Waals surface area contributed by atoms with Crippen LogP contribution in [0, 0.1) is 6.92 Å². The van der Waals surface area contributed by atoms with E-state index in [1.165, 1.54) is 12.4 Å². The van der Waals surface area contributed by atoms with Crippen LogP contribution in [-0.4, -0.2) is 33.3 Å². The minimum absolute atomic E-state index is 0.00102. The summed E-state index contributed by atoms with van der Waals surface area (Å²) in [5, 5.41) is 21.7. The lowest BCUT2D eigenvalue weighted by Crippen LogP contribution is -2.45. The highest BCUT2D eigenvalue weighted by atomic mass is 16.5. The van der Waals surface area contributed by atoms with E-state index in [1.54, 1.807) is 37.3 Å². The number of rotatable bonds is 6. The number of carboxylic acid groups (broad SMARTS) is 1. The van der Waals surface area contributed by atoms with E-state index in [2.05, 4.69) is 10.3 Å². The predicted molar refractivity (Wildman–Crippen MR) is 85.1 cm³/mol. The normalized spacial score (nSPS) is 12.9. The molecule has 1 heterocycles. The Kier molecular flexibility index (Phi) is 5.86. The van der Waals surface area contributed by atoms with Gasteiger partial charge in [-0.1, -0.05) is 30.3 Å². The fraction of sp³-hybridized carbons (Fsp3) is 0.235. The topological polar surface area (TPSA) is 109 Å². The number of carboxylic acids is 1. The van der Waals surface area contributed by atoms with E-state index in [0.29, 0.717) is 11.1 Å². The zero-order chi connectivity index (χ0) is 17.5. The summed E-state index contributed by atoms with van der Waals surface area (Å²) in [6.45, 7) is 1.72. The van der Waals surface area contributed by atoms with Crippen LogP contribution in [-0.2, 0) is 16.1 Å². The molecule has 24 heavy (non-hydrogen) atoms. The molecule has 7 heteroatoms. The molecule has 0 aliphatic heterocycles. The number of aryl methyl sites for hydroxylation is 1. The lowest BCUT2D eigenvalue weighted by atomic mass is 10.0. The van der Waals surface area contributed by atoms with Gasteiger partial charge >= 0.3 is 12.1 Å². The number of carbonyl (C=O) groups excluding carboxylic acids is 1. The van der Waals surface area contributed by atoms with Gasteiger partial charge in [0.2, 0.25) is 0 Å². The van der Waals surface area contributed by atoms with Gasteiger partial charge < -0.3 is 20.3 Å². The van der Waals surface area contributed by atoms with Crippen LogP contribution in [0.1, 0.15) is 22.8 Å². The molecule has 7 nitrogen and oxygen atoms in total. The van der Waals surface area contributed by atoms with Crippen LogP contribution in [0.5, 0.6) is 0 Å². The highest BCUT2D eigenvalue weighted by Crippen LogP contribution is 2.20. The van der Waals surface area contributed by atoms with E-state index >= 15 is 0 Å². The van der Waals surface area contributed by atoms with Crippen molar-refractivity contribution in [3.8, 4) is 0 Å². The van der Waals surface area contributed by atoms with Crippen LogP contribution >= 0.6 is 0 Å². The maximum absolute atomic E-state index is 11.8. The van der Waals surface area contributed by atoms with Crippen LogP contribution in [0.25, 0.3) is 0 Å². The molecule has 0 saturated carbocycles. The monoisotopic (exact) mass is 330 g/mol. The highest BCUT2D eigenvalue weighted by molar-refractivity contribution is 5.80. The molecular weight excluding hydrogens is 312 g/mol. The van der Waals surface area contributed by atoms with E-state index in [0.717, 1.165) is 5.56 Å². The van der Waals surface area contributed by atoms with Crippen molar-refractivity contribution in [2.75, 3.05) is 0 Å². The van der Waals surface area contributed by atoms with Crippen molar-refractivity contribution in [3.63, 3.8) is 0 Å². The fourth-order valence-corrected chi connectivity index (χ4v) is 2.13. The van der Waals surface area contributed by atoms with Crippen molar-refractivity contribution in [2.45, 2.75) is 25.7 Å². The Bertz CT molecular complexity index is 705. The summed E-state index contributed by atoms with van der Waals surface area (Å²) in [6, 6.07) is 9.07. The number of ether oxygens (including phenoxy) is 1. The fourth-order valence-electron chi connectivity index (χ4n) is 2.13. The van der Waals surface area contributed by atoms with Gasteiger partial charge in [0.15, 0.2) is 6.04 Å². The molecule has 2 aromatic rings. The van der Waals surface area contributed by atoms with Crippen LogP contribution in [0.4, 0.5) is 4.79 Å². The number of nitrogens with zero attached hydrogens (tertiary/aromatic N) is 1. The zero-order valence-corrected chi connectivity index (χ0v) is 13.0. The van der Waals surface area contributed by atoms with Gasteiger partial charge in [-0.15, -0.1) is 0 Å². The number of pyridine rings is 1. The molecule has 0 bridgehead atoms. The number of aliphatic carboxylic acids is 1. The van der Waals surface area contributed by atoms with Gasteiger partial charge in [0.25, 0.3) is 0 Å². The van der Waals surface area contributed by atoms with Gasteiger partial charge in [0.05, 0.1) is 0 Å². The minimum atomic E-state index is -1.55. The standard InChI is InChI=1S/C17H18N2O5/c1-11-7-8-18-9-13(11)15(20)14(16(21)22)19-17(23)24-10-12-5-3-2-4-6-12/h2-9,14-15,20H,10H2,1H3,(H,19,23)(H,21,22)/t14-,15+/m1/s1. The number of hydrogen-bond acceptors (Lipinski definition) is 5. The van der Waals surface area contributed by atoms with E-state index in [-0.39, 0.29) is 6.61 Å². The number of aliphatic hydroxyl groups excluding tert-OH is 1. The summed E-state index contributed by atoms with van der Waals surface area (Å²) in [4.78, 5) is 27.1. The SMILES string of the molecule is Cc1ccncc1[C@H](O)[C@@H](NC(=O)OCc1ccccc1)C(=O)O. The van der Waals surface area contributed by atoms with Crippen molar-refractivity contribution >= 4 is 12.1 Å². The Balaban J connectivity index is 2.01. The second-order valence-electron chi connectivity index (χ2n) is 5.20. The molecule has 0 radical (unpaired) electrons. The van der Waals surface area contributed by atoms with Crippen molar-refractivity contribution in [1.82, 2.24) is 10.3 Å². The number of carbonyl (C=O) groups is 2. The lowest BCUT2D eigenvalue weighted by molar-refractivity contribution is -0.142. The number of amides is 1. The first kappa shape index (κ1) is 17.4. The summed E-state index contributed by atoms with van der Waals surface area (Å²) in [6.07, 6.45) is 0.530. The Morgan fingerprint density at radius 1 is 1.25 bits per heavy atom. The third kappa shape index (κ3) is 4.53. The molecule has 1 aromatic carbocycles. The van der Waals surface area contributed by atoms with E-state index in [9.17, 15) is 19.8 Å². The van der Waals surface area contributed by atoms with Gasteiger partial charge in [-0.05, 0) is 24.1 Å². The van der Waals surface area contributed by atoms with E-state index < -0.39 is 24.2 Å². The Morgan fingerprint density at radius 3 is 2.58 bits per heavy atom. The van der Waals surface area contributed by atoms with Crippen molar-refractivity contribution in [2.24, 2.45) is 0 Å². The summed E-state index contributed by atoms with van der Waals surface area (Å²) in [5.41, 5.74) is 1.76. The minimum Gasteiger partial charge on any atom is -0.480 e. The molecule has 0 saturated heterocycles. The maximum Gasteiger partial charge on any atom is 0.408 e. The molecule has 2 rings (SSSR count). The Labute approximate surface area is 138 Å². The van der Waals surface area contributed by atoms with Crippen LogP contribution in [0.3, 0.4) is 0 Å². The number of hydrogen-bond donors (Lipinski definition) is 3. The molecule has 1 amide bonds. The van der Waals surface area contributed by atoms with Gasteiger partial charge in [-0.25, -0.2) is 9.59 Å². The number of benzene rings is 1. The number of aromatic nitrogens is 1. The molecular formula is C17H18N2O5. The molecule has 126 valence electrons. The van der Waals surface area contributed by atoms with Crippen molar-refractivity contribution < 1.29 is 24.5 Å². The first-order chi connectivity index (χ1) is 11.5. The first-order valence-electron chi connectivity index (χ1n) is 7.27. The van der Waals surface area contributed by atoms with Crippen LogP contribution < -0.4 is 5.32 Å². The maximum atomic E-state index is 11.8. The van der Waals surface area contributed by atoms with Crippen molar-refractivity contribution in [1.29, 1.82) is 0 Å². The number of nitrogens with one attached hydrogen (secondary N) is 1. The summed E-state index contributed by atoms with van der Waals surface area (Å²) in [5.74, 6) is -1.37. The molecule has 3 N–H and O–H groups in total. The second-order valence-corrected chi connectivity index (χ2v) is 5.20. The third-order valence-electron chi connectivity index (χ3n) is 3.47. The molecule has 0 spiro atoms. The Hall–Kier alpha value is -2.93. The number of aliphatic hydroxyl groups is 1. The first-order valence-corrected chi connectivity index (χ1v) is 7.27. The average Bonchev–Trinajstić information content (AvgIpc) is 2.58. The third-order valence-corrected chi connectivity index (χ3v) is 3.47. The smallest absolute Gasteiger partial charge is 0.408 e. The van der Waals surface area contributed by atoms with Gasteiger partial charge in [-0.3, -0.25) is 4.98 Å². The molecule has 2 atom stereocenters. The summed E-state index contributed by atoms with van der Waals surface area (Å²) in [7, 11) is 0. The predicted octanol–water partition coefficient (Wildman–Crippen LogP) is 1.80. The summed E-state index contributed by atoms with van der Waals surface area (Å²) < 4.78 is 4.98. The largest absolute Gasteiger partial charge is 0.480 e. The Morgan fingerprint density at radius 2 is 1.96 bits per heavy atom. The molecule has 0 aliphatic rings. The second kappa shape index (κ2) is 8.07. The van der Waals surface area contributed by atoms with E-state index in [1.807, 2.05) is 6.07 Å². The highest BCUT2D eigenvalue weighted by Gasteiger charge is 2.31. The van der Waals surface area contributed by atoms with E-state index in [4.69, 9.17) is 4.74 Å². The van der Waals surface area contributed by atoms with Gasteiger partial charge in [0, 0.05) is 18.0 Å². The average molecular weight is 330 g/mol. The van der Waals surface area contributed by atoms with Gasteiger partial charge in [-0.2, -0.15) is 0 Å². The zero-order valence-electron chi connectivity index (χ0n) is 13.0. The molecule has 0 unspecified atom stereocenters. The van der Waals surface area contributed by atoms with Crippen LogP contribution in [0.15, 0.2) is 48.8 Å². The van der Waals surface area contributed by atoms with Gasteiger partial charge in [0.1, 0.15) is 12.7 Å². The molecule has 1 aromatic heterocycles. The quantitative estimate of drug-likeness (QED) is 0.745. The lowest BCUT2D eigenvalue weighted by Gasteiger charge is -2.21. The molecule has 0 fully saturated rings. The van der Waals surface area contributed by atoms with Crippen molar-refractivity contribution in [3.05, 3.63) is 65.5 Å². The van der Waals surface area contributed by atoms with Crippen LogP contribution in [0.2, 0.25) is 0 Å². The summed E-state index contributed by atoms with van der Waals surface area (Å²) >= 11 is 0. The number of alkyl carbamates (subject to hydrolysis) is 1. The molecule has 0 aliphatic carbocycles.